The summed E-state index contributed by atoms with van der Waals surface area (Å²) < 4.78 is 1.43. The largest absolute Gasteiger partial charge is 0.336 e. The van der Waals surface area contributed by atoms with Crippen molar-refractivity contribution in [2.75, 3.05) is 19.6 Å². The Hall–Kier alpha value is -2.96. The molecule has 2 amide bonds. The molecular weight excluding hydrogens is 344 g/mol. The summed E-state index contributed by atoms with van der Waals surface area (Å²) >= 11 is 0. The molecule has 0 radical (unpaired) electrons. The number of amides is 2. The van der Waals surface area contributed by atoms with Crippen LogP contribution in [0.3, 0.4) is 0 Å². The summed E-state index contributed by atoms with van der Waals surface area (Å²) in [5.74, 6) is 0.199. The van der Waals surface area contributed by atoms with Crippen LogP contribution in [0.2, 0.25) is 0 Å². The van der Waals surface area contributed by atoms with Gasteiger partial charge in [0.2, 0.25) is 5.91 Å². The van der Waals surface area contributed by atoms with Crippen molar-refractivity contribution >= 4 is 11.8 Å². The molecule has 0 aromatic carbocycles. The molecule has 3 aliphatic heterocycles. The van der Waals surface area contributed by atoms with E-state index in [9.17, 15) is 14.4 Å². The van der Waals surface area contributed by atoms with Gasteiger partial charge in [0.15, 0.2) is 0 Å². The van der Waals surface area contributed by atoms with Crippen molar-refractivity contribution in [1.29, 1.82) is 0 Å². The Balaban J connectivity index is 1.50. The lowest BCUT2D eigenvalue weighted by Gasteiger charge is -2.36. The molecule has 3 saturated heterocycles. The van der Waals surface area contributed by atoms with Crippen LogP contribution in [-0.4, -0.2) is 56.8 Å². The third-order valence-electron chi connectivity index (χ3n) is 5.45. The number of rotatable bonds is 3. The van der Waals surface area contributed by atoms with Gasteiger partial charge in [0, 0.05) is 55.9 Å². The number of nitrogens with zero attached hydrogens (tertiary/aromatic N) is 4. The minimum atomic E-state index is -0.180. The molecule has 2 aromatic heterocycles. The van der Waals surface area contributed by atoms with Crippen LogP contribution < -0.4 is 5.56 Å². The number of aromatic nitrogens is 2. The Bertz CT molecular complexity index is 895. The molecule has 0 N–H and O–H groups in total. The number of piperidine rings is 1. The van der Waals surface area contributed by atoms with Crippen LogP contribution in [0.15, 0.2) is 53.7 Å². The number of hydrogen-bond donors (Lipinski definition) is 0. The van der Waals surface area contributed by atoms with Gasteiger partial charge in [-0.05, 0) is 37.0 Å². The second-order valence-electron chi connectivity index (χ2n) is 7.26. The van der Waals surface area contributed by atoms with Gasteiger partial charge in [-0.2, -0.15) is 0 Å². The van der Waals surface area contributed by atoms with E-state index in [2.05, 4.69) is 4.98 Å². The van der Waals surface area contributed by atoms with Gasteiger partial charge in [0.25, 0.3) is 11.5 Å². The van der Waals surface area contributed by atoms with Gasteiger partial charge >= 0.3 is 0 Å². The average Bonchev–Trinajstić information content (AvgIpc) is 3.02. The highest BCUT2D eigenvalue weighted by Crippen LogP contribution is 2.29. The van der Waals surface area contributed by atoms with E-state index < -0.39 is 0 Å². The molecule has 2 aromatic rings. The zero-order chi connectivity index (χ0) is 18.8. The summed E-state index contributed by atoms with van der Waals surface area (Å²) in [4.78, 5) is 45.3. The highest BCUT2D eigenvalue weighted by molar-refractivity contribution is 5.94. The molecule has 7 heteroatoms. The minimum absolute atomic E-state index is 0.00134. The Kier molecular flexibility index (Phi) is 4.75. The van der Waals surface area contributed by atoms with E-state index in [0.29, 0.717) is 25.2 Å². The van der Waals surface area contributed by atoms with Crippen LogP contribution in [0, 0.1) is 5.92 Å². The summed E-state index contributed by atoms with van der Waals surface area (Å²) in [5, 5.41) is 0. The molecule has 3 fully saturated rings. The first-order valence-corrected chi connectivity index (χ1v) is 9.26. The van der Waals surface area contributed by atoms with E-state index in [1.807, 2.05) is 9.80 Å². The van der Waals surface area contributed by atoms with Gasteiger partial charge in [-0.25, -0.2) is 0 Å². The maximum atomic E-state index is 12.9. The molecule has 2 bridgehead atoms. The number of fused-ring (bicyclic) bond motifs is 4. The maximum Gasteiger partial charge on any atom is 0.254 e. The van der Waals surface area contributed by atoms with Crippen molar-refractivity contribution in [2.24, 2.45) is 5.92 Å². The van der Waals surface area contributed by atoms with Crippen LogP contribution in [0.25, 0.3) is 0 Å². The quantitative estimate of drug-likeness (QED) is 0.812. The lowest BCUT2D eigenvalue weighted by molar-refractivity contribution is -0.136. The van der Waals surface area contributed by atoms with Crippen LogP contribution >= 0.6 is 0 Å². The number of hydrogen-bond acceptors (Lipinski definition) is 4. The predicted octanol–water partition coefficient (Wildman–Crippen LogP) is 1.01. The summed E-state index contributed by atoms with van der Waals surface area (Å²) in [6.07, 6.45) is 6.77. The fraction of sp³-hybridized carbons (Fsp3) is 0.400. The first kappa shape index (κ1) is 17.5. The molecule has 7 nitrogen and oxygen atoms in total. The second kappa shape index (κ2) is 7.34. The van der Waals surface area contributed by atoms with Crippen molar-refractivity contribution in [3.05, 3.63) is 64.8 Å². The second-order valence-corrected chi connectivity index (χ2v) is 7.26. The smallest absolute Gasteiger partial charge is 0.254 e. The summed E-state index contributed by atoms with van der Waals surface area (Å²) in [5.41, 5.74) is 0.445. The van der Waals surface area contributed by atoms with E-state index in [4.69, 9.17) is 0 Å². The molecule has 0 aliphatic carbocycles. The van der Waals surface area contributed by atoms with E-state index in [-0.39, 0.29) is 35.9 Å². The predicted molar refractivity (Wildman–Crippen MR) is 99.1 cm³/mol. The van der Waals surface area contributed by atoms with Crippen molar-refractivity contribution in [3.8, 4) is 0 Å². The normalized spacial score (nSPS) is 21.8. The minimum Gasteiger partial charge on any atom is -0.336 e. The first-order valence-electron chi connectivity index (χ1n) is 9.26. The van der Waals surface area contributed by atoms with Crippen molar-refractivity contribution in [2.45, 2.75) is 25.4 Å². The molecule has 0 spiro atoms. The van der Waals surface area contributed by atoms with Crippen LogP contribution in [0.4, 0.5) is 0 Å². The van der Waals surface area contributed by atoms with Crippen LogP contribution in [0.5, 0.6) is 0 Å². The van der Waals surface area contributed by atoms with Crippen molar-refractivity contribution < 1.29 is 9.59 Å². The average molecular weight is 366 g/mol. The lowest BCUT2D eigenvalue weighted by Crippen LogP contribution is -2.49. The van der Waals surface area contributed by atoms with Gasteiger partial charge in [0.05, 0.1) is 0 Å². The number of carbonyl (C=O) groups excluding carboxylic acids is 2. The van der Waals surface area contributed by atoms with Gasteiger partial charge in [-0.15, -0.1) is 0 Å². The molecule has 5 heterocycles. The van der Waals surface area contributed by atoms with E-state index in [1.54, 1.807) is 42.9 Å². The molecule has 2 atom stereocenters. The SMILES string of the molecule is O=C(c1ccncc1)N1C[C@@H]2CC[C@H](C1)N(C(=O)Cn1ccccc1=O)C2. The Morgan fingerprint density at radius 1 is 1.04 bits per heavy atom. The molecular formula is C20H22N4O3. The fourth-order valence-electron chi connectivity index (χ4n) is 4.06. The fourth-order valence-corrected chi connectivity index (χ4v) is 4.06. The zero-order valence-electron chi connectivity index (χ0n) is 15.0. The Labute approximate surface area is 157 Å². The third kappa shape index (κ3) is 3.63. The van der Waals surface area contributed by atoms with Crippen molar-refractivity contribution in [3.63, 3.8) is 0 Å². The Morgan fingerprint density at radius 2 is 1.85 bits per heavy atom. The highest BCUT2D eigenvalue weighted by atomic mass is 16.2. The highest BCUT2D eigenvalue weighted by Gasteiger charge is 2.38. The molecule has 0 unspecified atom stereocenters. The monoisotopic (exact) mass is 366 g/mol. The molecule has 5 rings (SSSR count). The molecule has 27 heavy (non-hydrogen) atoms. The zero-order valence-corrected chi connectivity index (χ0v) is 15.0. The summed E-state index contributed by atoms with van der Waals surface area (Å²) in [7, 11) is 0. The van der Waals surface area contributed by atoms with Crippen LogP contribution in [0.1, 0.15) is 23.2 Å². The number of pyridine rings is 2. The molecule has 0 saturated carbocycles. The van der Waals surface area contributed by atoms with E-state index >= 15 is 0 Å². The lowest BCUT2D eigenvalue weighted by atomic mass is 9.95. The van der Waals surface area contributed by atoms with E-state index in [1.165, 1.54) is 10.6 Å². The maximum absolute atomic E-state index is 12.9. The van der Waals surface area contributed by atoms with Gasteiger partial charge in [-0.1, -0.05) is 6.07 Å². The standard InChI is InChI=1S/C20H22N4O3/c25-18-3-1-2-10-22(18)14-19(26)24-12-15-4-5-17(24)13-23(11-15)20(27)16-6-8-21-9-7-16/h1-3,6-10,15,17H,4-5,11-14H2/t15-,17+/m0/s1. The van der Waals surface area contributed by atoms with E-state index in [0.717, 1.165) is 12.8 Å². The third-order valence-corrected chi connectivity index (χ3v) is 5.45. The summed E-state index contributed by atoms with van der Waals surface area (Å²) in [6, 6.07) is 8.32. The molecule has 140 valence electrons. The van der Waals surface area contributed by atoms with Gasteiger partial charge in [0.1, 0.15) is 6.54 Å². The Morgan fingerprint density at radius 3 is 2.63 bits per heavy atom. The van der Waals surface area contributed by atoms with Crippen LogP contribution in [-0.2, 0) is 11.3 Å². The van der Waals surface area contributed by atoms with Crippen molar-refractivity contribution in [1.82, 2.24) is 19.4 Å². The topological polar surface area (TPSA) is 75.5 Å². The number of carbonyl (C=O) groups is 2. The first-order chi connectivity index (χ1) is 13.1. The van der Waals surface area contributed by atoms with Gasteiger partial charge < -0.3 is 14.4 Å². The van der Waals surface area contributed by atoms with Gasteiger partial charge in [-0.3, -0.25) is 19.4 Å². The molecule has 3 aliphatic rings. The summed E-state index contributed by atoms with van der Waals surface area (Å²) in [6.45, 7) is 1.88.